The molecular formula is C14H16N2O3. The van der Waals surface area contributed by atoms with Crippen LogP contribution in [0.1, 0.15) is 28.7 Å². The topological polar surface area (TPSA) is 64.4 Å². The van der Waals surface area contributed by atoms with Crippen LogP contribution < -0.4 is 4.74 Å². The number of benzene rings is 1. The molecule has 100 valence electrons. The van der Waals surface area contributed by atoms with Crippen LogP contribution in [0.15, 0.2) is 30.3 Å². The SMILES string of the molecule is CCn1nc(COc2cccc(C)c2)cc1C(=O)O. The molecule has 0 unspecified atom stereocenters. The van der Waals surface area contributed by atoms with Gasteiger partial charge in [0.15, 0.2) is 0 Å². The summed E-state index contributed by atoms with van der Waals surface area (Å²) in [6, 6.07) is 9.23. The number of carboxylic acid groups (broad SMARTS) is 1. The van der Waals surface area contributed by atoms with Gasteiger partial charge >= 0.3 is 5.97 Å². The van der Waals surface area contributed by atoms with E-state index in [-0.39, 0.29) is 12.3 Å². The number of carboxylic acids is 1. The summed E-state index contributed by atoms with van der Waals surface area (Å²) >= 11 is 0. The lowest BCUT2D eigenvalue weighted by molar-refractivity contribution is 0.0683. The molecule has 1 N–H and O–H groups in total. The van der Waals surface area contributed by atoms with E-state index in [1.54, 1.807) is 6.07 Å². The van der Waals surface area contributed by atoms with Gasteiger partial charge in [0, 0.05) is 6.54 Å². The number of nitrogens with zero attached hydrogens (tertiary/aromatic N) is 2. The van der Waals surface area contributed by atoms with Gasteiger partial charge in [0.05, 0.1) is 0 Å². The number of carbonyl (C=O) groups is 1. The van der Waals surface area contributed by atoms with Gasteiger partial charge in [-0.15, -0.1) is 0 Å². The van der Waals surface area contributed by atoms with E-state index >= 15 is 0 Å². The summed E-state index contributed by atoms with van der Waals surface area (Å²) in [5.74, 6) is -0.223. The fourth-order valence-electron chi connectivity index (χ4n) is 1.82. The third-order valence-electron chi connectivity index (χ3n) is 2.73. The molecule has 0 aliphatic heterocycles. The smallest absolute Gasteiger partial charge is 0.354 e. The Balaban J connectivity index is 2.09. The van der Waals surface area contributed by atoms with Crippen molar-refractivity contribution in [2.45, 2.75) is 27.0 Å². The summed E-state index contributed by atoms with van der Waals surface area (Å²) in [6.45, 7) is 4.62. The average Bonchev–Trinajstić information content (AvgIpc) is 2.80. The van der Waals surface area contributed by atoms with Crippen molar-refractivity contribution in [1.82, 2.24) is 9.78 Å². The third-order valence-corrected chi connectivity index (χ3v) is 2.73. The first-order valence-electron chi connectivity index (χ1n) is 6.09. The molecule has 1 aromatic heterocycles. The molecule has 2 aromatic rings. The molecule has 5 heteroatoms. The fourth-order valence-corrected chi connectivity index (χ4v) is 1.82. The second kappa shape index (κ2) is 5.56. The average molecular weight is 260 g/mol. The van der Waals surface area contributed by atoms with Gasteiger partial charge in [0.2, 0.25) is 0 Å². The van der Waals surface area contributed by atoms with Gasteiger partial charge in [-0.05, 0) is 37.6 Å². The molecule has 2 rings (SSSR count). The number of rotatable bonds is 5. The highest BCUT2D eigenvalue weighted by Gasteiger charge is 2.13. The van der Waals surface area contributed by atoms with Crippen molar-refractivity contribution in [2.75, 3.05) is 0 Å². The maximum atomic E-state index is 11.0. The molecule has 0 spiro atoms. The number of ether oxygens (including phenoxy) is 1. The summed E-state index contributed by atoms with van der Waals surface area (Å²) in [4.78, 5) is 11.0. The summed E-state index contributed by atoms with van der Waals surface area (Å²) < 4.78 is 7.05. The molecule has 0 radical (unpaired) electrons. The number of aryl methyl sites for hydroxylation is 2. The van der Waals surface area contributed by atoms with Crippen LogP contribution in [0.5, 0.6) is 5.75 Å². The molecule has 0 fully saturated rings. The van der Waals surface area contributed by atoms with Gasteiger partial charge in [-0.3, -0.25) is 4.68 Å². The number of hydrogen-bond acceptors (Lipinski definition) is 3. The number of aromatic carboxylic acids is 1. The Morgan fingerprint density at radius 2 is 2.21 bits per heavy atom. The van der Waals surface area contributed by atoms with E-state index in [0.717, 1.165) is 11.3 Å². The van der Waals surface area contributed by atoms with Crippen LogP contribution in [0.25, 0.3) is 0 Å². The van der Waals surface area contributed by atoms with Crippen molar-refractivity contribution in [3.05, 3.63) is 47.3 Å². The quantitative estimate of drug-likeness (QED) is 0.897. The monoisotopic (exact) mass is 260 g/mol. The van der Waals surface area contributed by atoms with Crippen molar-refractivity contribution in [2.24, 2.45) is 0 Å². The van der Waals surface area contributed by atoms with E-state index in [0.29, 0.717) is 12.2 Å². The van der Waals surface area contributed by atoms with Crippen LogP contribution in [0.3, 0.4) is 0 Å². The Morgan fingerprint density at radius 1 is 1.42 bits per heavy atom. The minimum absolute atomic E-state index is 0.186. The molecule has 0 amide bonds. The normalized spacial score (nSPS) is 10.4. The van der Waals surface area contributed by atoms with Gasteiger partial charge in [-0.25, -0.2) is 4.79 Å². The van der Waals surface area contributed by atoms with Gasteiger partial charge in [-0.1, -0.05) is 12.1 Å². The predicted molar refractivity (Wildman–Crippen MR) is 70.4 cm³/mol. The Hall–Kier alpha value is -2.30. The highest BCUT2D eigenvalue weighted by Crippen LogP contribution is 2.14. The molecule has 5 nitrogen and oxygen atoms in total. The van der Waals surface area contributed by atoms with Gasteiger partial charge in [0.25, 0.3) is 0 Å². The van der Waals surface area contributed by atoms with Crippen molar-refractivity contribution >= 4 is 5.97 Å². The van der Waals surface area contributed by atoms with E-state index < -0.39 is 5.97 Å². The summed E-state index contributed by atoms with van der Waals surface area (Å²) in [5.41, 5.74) is 1.91. The third kappa shape index (κ3) is 3.13. The molecule has 0 atom stereocenters. The Kier molecular flexibility index (Phi) is 3.85. The maximum Gasteiger partial charge on any atom is 0.354 e. The zero-order valence-corrected chi connectivity index (χ0v) is 11.0. The first-order chi connectivity index (χ1) is 9.10. The Labute approximate surface area is 111 Å². The van der Waals surface area contributed by atoms with E-state index in [1.165, 1.54) is 4.68 Å². The Bertz CT molecular complexity index is 590. The largest absolute Gasteiger partial charge is 0.487 e. The lowest BCUT2D eigenvalue weighted by atomic mass is 10.2. The first-order valence-corrected chi connectivity index (χ1v) is 6.09. The molecule has 0 aliphatic rings. The lowest BCUT2D eigenvalue weighted by Gasteiger charge is -2.04. The molecule has 0 saturated heterocycles. The van der Waals surface area contributed by atoms with Crippen LogP contribution in [-0.2, 0) is 13.2 Å². The highest BCUT2D eigenvalue weighted by molar-refractivity contribution is 5.85. The summed E-state index contributed by atoms with van der Waals surface area (Å²) in [7, 11) is 0. The fraction of sp³-hybridized carbons (Fsp3) is 0.286. The molecular weight excluding hydrogens is 244 g/mol. The second-order valence-corrected chi connectivity index (χ2v) is 4.25. The minimum Gasteiger partial charge on any atom is -0.487 e. The number of aromatic nitrogens is 2. The van der Waals surface area contributed by atoms with Crippen molar-refractivity contribution in [3.63, 3.8) is 0 Å². The van der Waals surface area contributed by atoms with E-state index in [2.05, 4.69) is 5.10 Å². The van der Waals surface area contributed by atoms with Crippen molar-refractivity contribution in [1.29, 1.82) is 0 Å². The van der Waals surface area contributed by atoms with E-state index in [9.17, 15) is 4.79 Å². The zero-order chi connectivity index (χ0) is 13.8. The molecule has 1 aromatic carbocycles. The van der Waals surface area contributed by atoms with Crippen molar-refractivity contribution < 1.29 is 14.6 Å². The second-order valence-electron chi connectivity index (χ2n) is 4.25. The van der Waals surface area contributed by atoms with Crippen LogP contribution in [-0.4, -0.2) is 20.9 Å². The van der Waals surface area contributed by atoms with Crippen LogP contribution in [0.4, 0.5) is 0 Å². The Morgan fingerprint density at radius 3 is 2.79 bits per heavy atom. The predicted octanol–water partition coefficient (Wildman–Crippen LogP) is 2.49. The van der Waals surface area contributed by atoms with E-state index in [4.69, 9.17) is 9.84 Å². The summed E-state index contributed by atoms with van der Waals surface area (Å²) in [6.07, 6.45) is 0. The molecule has 19 heavy (non-hydrogen) atoms. The molecule has 0 aliphatic carbocycles. The van der Waals surface area contributed by atoms with Crippen LogP contribution >= 0.6 is 0 Å². The minimum atomic E-state index is -0.976. The maximum absolute atomic E-state index is 11.0. The zero-order valence-electron chi connectivity index (χ0n) is 11.0. The standard InChI is InChI=1S/C14H16N2O3/c1-3-16-13(14(17)18)8-11(15-16)9-19-12-6-4-5-10(2)7-12/h4-8H,3,9H2,1-2H3,(H,17,18). The molecule has 1 heterocycles. The van der Waals surface area contributed by atoms with Gasteiger partial charge in [0.1, 0.15) is 23.7 Å². The molecule has 0 saturated carbocycles. The number of hydrogen-bond donors (Lipinski definition) is 1. The van der Waals surface area contributed by atoms with Crippen LogP contribution in [0.2, 0.25) is 0 Å². The highest BCUT2D eigenvalue weighted by atomic mass is 16.5. The van der Waals surface area contributed by atoms with Crippen LogP contribution in [0, 0.1) is 6.92 Å². The lowest BCUT2D eigenvalue weighted by Crippen LogP contribution is -2.08. The molecule has 0 bridgehead atoms. The first kappa shape index (κ1) is 13.1. The van der Waals surface area contributed by atoms with Gasteiger partial charge < -0.3 is 9.84 Å². The summed E-state index contributed by atoms with van der Waals surface area (Å²) in [5, 5.41) is 13.2. The van der Waals surface area contributed by atoms with Crippen molar-refractivity contribution in [3.8, 4) is 5.75 Å². The van der Waals surface area contributed by atoms with E-state index in [1.807, 2.05) is 38.1 Å². The van der Waals surface area contributed by atoms with Gasteiger partial charge in [-0.2, -0.15) is 5.10 Å².